The van der Waals surface area contributed by atoms with Crippen molar-refractivity contribution >= 4 is 11.6 Å². The van der Waals surface area contributed by atoms with Gasteiger partial charge in [0.2, 0.25) is 5.91 Å². The number of hydrogen-bond donors (Lipinski definition) is 2. The third-order valence-electron chi connectivity index (χ3n) is 2.28. The van der Waals surface area contributed by atoms with Gasteiger partial charge in [0.15, 0.2) is 0 Å². The number of non-ortho nitro benzene ring substituents is 1. The van der Waals surface area contributed by atoms with Gasteiger partial charge in [0.1, 0.15) is 5.82 Å². The number of nitrogens with one attached hydrogen (secondary N) is 1. The number of nitrogens with zero attached hydrogens (tertiary/aromatic N) is 1. The zero-order valence-electron chi connectivity index (χ0n) is 9.56. The van der Waals surface area contributed by atoms with Gasteiger partial charge in [-0.05, 0) is 12.5 Å². The molecule has 0 atom stereocenters. The van der Waals surface area contributed by atoms with Gasteiger partial charge in [0.05, 0.1) is 4.92 Å². The second kappa shape index (κ2) is 6.65. The number of benzene rings is 1. The Morgan fingerprint density at radius 2 is 2.22 bits per heavy atom. The monoisotopic (exact) mass is 256 g/mol. The zero-order valence-corrected chi connectivity index (χ0v) is 9.56. The third-order valence-corrected chi connectivity index (χ3v) is 2.28. The predicted molar refractivity (Wildman–Crippen MR) is 61.2 cm³/mol. The lowest BCUT2D eigenvalue weighted by atomic mass is 10.2. The first-order valence-electron chi connectivity index (χ1n) is 5.35. The van der Waals surface area contributed by atoms with Crippen molar-refractivity contribution in [3.05, 3.63) is 39.7 Å². The van der Waals surface area contributed by atoms with Crippen LogP contribution in [-0.2, 0) is 11.3 Å². The van der Waals surface area contributed by atoms with E-state index in [4.69, 9.17) is 5.11 Å². The summed E-state index contributed by atoms with van der Waals surface area (Å²) in [4.78, 5) is 21.1. The number of aliphatic hydroxyl groups excluding tert-OH is 1. The van der Waals surface area contributed by atoms with Gasteiger partial charge in [-0.2, -0.15) is 0 Å². The van der Waals surface area contributed by atoms with Gasteiger partial charge in [0.25, 0.3) is 5.69 Å². The fraction of sp³-hybridized carbons (Fsp3) is 0.364. The van der Waals surface area contributed by atoms with Gasteiger partial charge in [-0.15, -0.1) is 0 Å². The van der Waals surface area contributed by atoms with E-state index in [9.17, 15) is 19.3 Å². The van der Waals surface area contributed by atoms with E-state index < -0.39 is 10.7 Å². The van der Waals surface area contributed by atoms with Crippen LogP contribution in [0.2, 0.25) is 0 Å². The van der Waals surface area contributed by atoms with Crippen molar-refractivity contribution < 1.29 is 19.2 Å². The molecule has 0 saturated heterocycles. The molecule has 1 aromatic rings. The normalized spacial score (nSPS) is 10.1. The summed E-state index contributed by atoms with van der Waals surface area (Å²) in [5.41, 5.74) is -0.169. The molecule has 2 N–H and O–H groups in total. The summed E-state index contributed by atoms with van der Waals surface area (Å²) in [6.07, 6.45) is 0.455. The summed E-state index contributed by atoms with van der Waals surface area (Å²) in [7, 11) is 0. The van der Waals surface area contributed by atoms with Crippen molar-refractivity contribution in [3.63, 3.8) is 0 Å². The molecule has 0 saturated carbocycles. The summed E-state index contributed by atoms with van der Waals surface area (Å²) in [6, 6.07) is 3.14. The van der Waals surface area contributed by atoms with E-state index in [0.29, 0.717) is 6.42 Å². The van der Waals surface area contributed by atoms with Crippen LogP contribution in [-0.4, -0.2) is 22.5 Å². The summed E-state index contributed by atoms with van der Waals surface area (Å²) in [6.45, 7) is -0.212. The maximum atomic E-state index is 13.3. The van der Waals surface area contributed by atoms with Crippen LogP contribution in [0.3, 0.4) is 0 Å². The van der Waals surface area contributed by atoms with Gasteiger partial charge in [-0.25, -0.2) is 4.39 Å². The summed E-state index contributed by atoms with van der Waals surface area (Å²) >= 11 is 0. The van der Waals surface area contributed by atoms with Crippen LogP contribution in [0.4, 0.5) is 10.1 Å². The van der Waals surface area contributed by atoms with Crippen LogP contribution < -0.4 is 5.32 Å². The van der Waals surface area contributed by atoms with Crippen LogP contribution >= 0.6 is 0 Å². The summed E-state index contributed by atoms with van der Waals surface area (Å²) in [5, 5.41) is 21.5. The molecule has 0 aliphatic heterocycles. The molecule has 0 bridgehead atoms. The lowest BCUT2D eigenvalue weighted by molar-refractivity contribution is -0.385. The first-order chi connectivity index (χ1) is 8.54. The molecule has 7 heteroatoms. The minimum Gasteiger partial charge on any atom is -0.396 e. The maximum Gasteiger partial charge on any atom is 0.269 e. The number of carbonyl (C=O) groups is 1. The van der Waals surface area contributed by atoms with E-state index in [1.54, 1.807) is 0 Å². The highest BCUT2D eigenvalue weighted by molar-refractivity contribution is 5.75. The molecular formula is C11H13FN2O4. The van der Waals surface area contributed by atoms with Crippen molar-refractivity contribution in [2.45, 2.75) is 19.4 Å². The van der Waals surface area contributed by atoms with Gasteiger partial charge in [-0.3, -0.25) is 14.9 Å². The molecule has 1 aromatic carbocycles. The average Bonchev–Trinajstić information content (AvgIpc) is 2.35. The van der Waals surface area contributed by atoms with Crippen LogP contribution in [0.5, 0.6) is 0 Å². The predicted octanol–water partition coefficient (Wildman–Crippen LogP) is 1.12. The maximum absolute atomic E-state index is 13.3. The highest BCUT2D eigenvalue weighted by Crippen LogP contribution is 2.16. The van der Waals surface area contributed by atoms with Crippen molar-refractivity contribution in [1.29, 1.82) is 0 Å². The molecule has 0 heterocycles. The fourth-order valence-electron chi connectivity index (χ4n) is 1.33. The largest absolute Gasteiger partial charge is 0.396 e. The third kappa shape index (κ3) is 4.10. The number of aliphatic hydroxyl groups is 1. The Kier molecular flexibility index (Phi) is 5.19. The quantitative estimate of drug-likeness (QED) is 0.589. The Bertz CT molecular complexity index is 451. The Balaban J connectivity index is 2.63. The van der Waals surface area contributed by atoms with E-state index in [1.165, 1.54) is 0 Å². The molecule has 0 aliphatic rings. The molecule has 6 nitrogen and oxygen atoms in total. The molecule has 1 rings (SSSR count). The number of halogens is 1. The number of nitro groups is 1. The lowest BCUT2D eigenvalue weighted by Gasteiger charge is -2.05. The smallest absolute Gasteiger partial charge is 0.269 e. The molecule has 98 valence electrons. The SMILES string of the molecule is O=C(CCCO)NCc1cc([N+](=O)[O-])ccc1F. The number of rotatable bonds is 6. The Morgan fingerprint density at radius 1 is 1.50 bits per heavy atom. The number of nitro benzene ring substituents is 1. The van der Waals surface area contributed by atoms with E-state index in [1.807, 2.05) is 0 Å². The van der Waals surface area contributed by atoms with Gasteiger partial charge < -0.3 is 10.4 Å². The van der Waals surface area contributed by atoms with E-state index in [2.05, 4.69) is 5.32 Å². The van der Waals surface area contributed by atoms with Gasteiger partial charge in [-0.1, -0.05) is 0 Å². The molecule has 0 aliphatic carbocycles. The van der Waals surface area contributed by atoms with Crippen LogP contribution in [0.15, 0.2) is 18.2 Å². The highest BCUT2D eigenvalue weighted by Gasteiger charge is 2.11. The van der Waals surface area contributed by atoms with Crippen LogP contribution in [0.1, 0.15) is 18.4 Å². The van der Waals surface area contributed by atoms with Gasteiger partial charge >= 0.3 is 0 Å². The lowest BCUT2D eigenvalue weighted by Crippen LogP contribution is -2.23. The van der Waals surface area contributed by atoms with E-state index in [0.717, 1.165) is 18.2 Å². The van der Waals surface area contributed by atoms with E-state index in [-0.39, 0.29) is 36.7 Å². The van der Waals surface area contributed by atoms with Gasteiger partial charge in [0, 0.05) is 37.3 Å². The van der Waals surface area contributed by atoms with Crippen molar-refractivity contribution in [2.24, 2.45) is 0 Å². The van der Waals surface area contributed by atoms with Crippen LogP contribution in [0, 0.1) is 15.9 Å². The standard InChI is InChI=1S/C11H13FN2O4/c12-10-4-3-9(14(17)18)6-8(10)7-13-11(16)2-1-5-15/h3-4,6,15H,1-2,5,7H2,(H,13,16). The second-order valence-electron chi connectivity index (χ2n) is 3.64. The molecule has 0 aromatic heterocycles. The van der Waals surface area contributed by atoms with E-state index >= 15 is 0 Å². The number of carbonyl (C=O) groups excluding carboxylic acids is 1. The minimum absolute atomic E-state index is 0.0570. The Labute approximate surface area is 103 Å². The second-order valence-corrected chi connectivity index (χ2v) is 3.64. The summed E-state index contributed by atoms with van der Waals surface area (Å²) < 4.78 is 13.3. The molecule has 0 radical (unpaired) electrons. The molecule has 0 unspecified atom stereocenters. The first-order valence-corrected chi connectivity index (χ1v) is 5.35. The van der Waals surface area contributed by atoms with Crippen molar-refractivity contribution in [3.8, 4) is 0 Å². The van der Waals surface area contributed by atoms with Crippen LogP contribution in [0.25, 0.3) is 0 Å². The fourth-order valence-corrected chi connectivity index (χ4v) is 1.33. The Hall–Kier alpha value is -2.02. The average molecular weight is 256 g/mol. The highest BCUT2D eigenvalue weighted by atomic mass is 19.1. The van der Waals surface area contributed by atoms with Crippen molar-refractivity contribution in [2.75, 3.05) is 6.61 Å². The Morgan fingerprint density at radius 3 is 2.83 bits per heavy atom. The number of hydrogen-bond acceptors (Lipinski definition) is 4. The molecule has 1 amide bonds. The molecule has 0 fully saturated rings. The topological polar surface area (TPSA) is 92.5 Å². The molecule has 18 heavy (non-hydrogen) atoms. The molecular weight excluding hydrogens is 243 g/mol. The zero-order chi connectivity index (χ0) is 13.5. The van der Waals surface area contributed by atoms with Crippen molar-refractivity contribution in [1.82, 2.24) is 5.32 Å². The number of amides is 1. The first kappa shape index (κ1) is 14.0. The summed E-state index contributed by atoms with van der Waals surface area (Å²) in [5.74, 6) is -0.946. The minimum atomic E-state index is -0.628. The molecule has 0 spiro atoms.